The van der Waals surface area contributed by atoms with Crippen molar-refractivity contribution >= 4 is 16.3 Å². The second-order valence-electron chi connectivity index (χ2n) is 12.3. The Bertz CT molecular complexity index is 921. The van der Waals surface area contributed by atoms with Crippen LogP contribution in [0.25, 0.3) is 0 Å². The first-order chi connectivity index (χ1) is 21.9. The Balaban J connectivity index is 2.76. The van der Waals surface area contributed by atoms with Crippen molar-refractivity contribution < 1.29 is 57.0 Å². The molecule has 0 radical (unpaired) electrons. The molecular formula is C32H61NO12S. The number of allylic oxidation sites excluding steroid dienone is 1. The topological polar surface area (TPSA) is 212 Å². The molecule has 14 heteroatoms. The molecular weight excluding hydrogens is 622 g/mol. The summed E-state index contributed by atoms with van der Waals surface area (Å²) < 4.78 is 47.0. The molecule has 1 heterocycles. The molecule has 7 N–H and O–H groups in total. The molecule has 0 aromatic rings. The smallest absolute Gasteiger partial charge is 0.394 e. The standard InChI is InChI=1S/C32H61NO12S/c1-3-5-7-9-11-12-13-15-17-19-21-26(36)31(39)33-24(25(35)20-18-16-14-10-8-6-4-2)23-43-32-29(38)30(45-46(40,41)42)28(37)27(22-34)44-32/h18,20,24-30,32,34-38H,3-17,19,21-23H2,1-2H3,(H,33,39)(H,40,41,42)/b20-18+. The maximum Gasteiger partial charge on any atom is 0.397 e. The molecule has 1 aliphatic heterocycles. The molecule has 1 aliphatic rings. The largest absolute Gasteiger partial charge is 0.397 e. The summed E-state index contributed by atoms with van der Waals surface area (Å²) in [6.07, 6.45) is 9.36. The molecule has 0 aliphatic carbocycles. The van der Waals surface area contributed by atoms with Crippen LogP contribution in [0, 0.1) is 0 Å². The second kappa shape index (κ2) is 24.9. The average molecular weight is 684 g/mol. The lowest BCUT2D eigenvalue weighted by Gasteiger charge is -2.41. The molecule has 1 saturated heterocycles. The molecule has 46 heavy (non-hydrogen) atoms. The zero-order valence-electron chi connectivity index (χ0n) is 27.7. The van der Waals surface area contributed by atoms with E-state index in [-0.39, 0.29) is 6.42 Å². The molecule has 13 nitrogen and oxygen atoms in total. The van der Waals surface area contributed by atoms with E-state index in [2.05, 4.69) is 23.3 Å². The molecule has 0 aromatic carbocycles. The van der Waals surface area contributed by atoms with Crippen LogP contribution >= 0.6 is 0 Å². The normalized spacial score (nSPS) is 24.2. The summed E-state index contributed by atoms with van der Waals surface area (Å²) in [5.41, 5.74) is 0. The van der Waals surface area contributed by atoms with Crippen molar-refractivity contribution in [2.24, 2.45) is 0 Å². The fraction of sp³-hybridized carbons (Fsp3) is 0.906. The Morgan fingerprint density at radius 2 is 1.41 bits per heavy atom. The fourth-order valence-corrected chi connectivity index (χ4v) is 5.85. The highest BCUT2D eigenvalue weighted by atomic mass is 32.3. The molecule has 8 unspecified atom stereocenters. The number of carbonyl (C=O) groups excluding carboxylic acids is 1. The molecule has 0 bridgehead atoms. The third kappa shape index (κ3) is 18.4. The monoisotopic (exact) mass is 683 g/mol. The van der Waals surface area contributed by atoms with E-state index in [0.717, 1.165) is 51.4 Å². The van der Waals surface area contributed by atoms with E-state index in [1.807, 2.05) is 0 Å². The van der Waals surface area contributed by atoms with E-state index in [0.29, 0.717) is 12.8 Å². The number of aliphatic hydroxyl groups is 5. The number of rotatable bonds is 27. The Kier molecular flexibility index (Phi) is 23.2. The van der Waals surface area contributed by atoms with Gasteiger partial charge in [0.25, 0.3) is 0 Å². The van der Waals surface area contributed by atoms with E-state index >= 15 is 0 Å². The maximum absolute atomic E-state index is 12.9. The van der Waals surface area contributed by atoms with Gasteiger partial charge in [-0.2, -0.15) is 8.42 Å². The first-order valence-corrected chi connectivity index (χ1v) is 18.5. The van der Waals surface area contributed by atoms with Gasteiger partial charge in [-0.05, 0) is 19.3 Å². The zero-order valence-corrected chi connectivity index (χ0v) is 28.6. The fourth-order valence-electron chi connectivity index (χ4n) is 5.34. The lowest BCUT2D eigenvalue weighted by molar-refractivity contribution is -0.298. The van der Waals surface area contributed by atoms with Crippen LogP contribution in [-0.2, 0) is 28.9 Å². The van der Waals surface area contributed by atoms with Gasteiger partial charge in [-0.25, -0.2) is 4.18 Å². The number of amides is 1. The predicted octanol–water partition coefficient (Wildman–Crippen LogP) is 3.06. The van der Waals surface area contributed by atoms with Gasteiger partial charge in [-0.15, -0.1) is 0 Å². The maximum atomic E-state index is 12.9. The Hall–Kier alpha value is -1.20. The minimum Gasteiger partial charge on any atom is -0.394 e. The highest BCUT2D eigenvalue weighted by Gasteiger charge is 2.48. The van der Waals surface area contributed by atoms with E-state index in [9.17, 15) is 38.7 Å². The molecule has 1 rings (SSSR count). The van der Waals surface area contributed by atoms with Crippen molar-refractivity contribution in [1.82, 2.24) is 5.32 Å². The van der Waals surface area contributed by atoms with Crippen LogP contribution in [0.3, 0.4) is 0 Å². The average Bonchev–Trinajstić information content (AvgIpc) is 3.01. The van der Waals surface area contributed by atoms with E-state index in [1.165, 1.54) is 44.6 Å². The highest BCUT2D eigenvalue weighted by molar-refractivity contribution is 7.80. The van der Waals surface area contributed by atoms with Gasteiger partial charge in [-0.3, -0.25) is 9.35 Å². The van der Waals surface area contributed by atoms with E-state index in [1.54, 1.807) is 6.08 Å². The van der Waals surface area contributed by atoms with Crippen LogP contribution in [0.4, 0.5) is 0 Å². The van der Waals surface area contributed by atoms with Gasteiger partial charge in [0.2, 0.25) is 5.91 Å². The third-order valence-corrected chi connectivity index (χ3v) is 8.64. The summed E-state index contributed by atoms with van der Waals surface area (Å²) in [6.45, 7) is 3.06. The molecule has 0 aromatic heterocycles. The number of nitrogens with one attached hydrogen (secondary N) is 1. The Morgan fingerprint density at radius 1 is 0.870 bits per heavy atom. The number of carbonyl (C=O) groups is 1. The lowest BCUT2D eigenvalue weighted by Crippen LogP contribution is -2.61. The first kappa shape index (κ1) is 42.8. The van der Waals surface area contributed by atoms with Crippen molar-refractivity contribution in [2.45, 2.75) is 172 Å². The van der Waals surface area contributed by atoms with Crippen LogP contribution in [-0.4, -0.2) is 107 Å². The van der Waals surface area contributed by atoms with Crippen LogP contribution in [0.2, 0.25) is 0 Å². The minimum absolute atomic E-state index is 0.245. The lowest BCUT2D eigenvalue weighted by atomic mass is 9.99. The SMILES string of the molecule is CCCCCCC/C=C/C(O)C(COC1OC(CO)C(O)C(OS(=O)(=O)O)C1O)NC(=O)C(O)CCCCCCCCCCCC. The number of hydrogen-bond donors (Lipinski definition) is 7. The van der Waals surface area contributed by atoms with Gasteiger partial charge < -0.3 is 40.3 Å². The minimum atomic E-state index is -5.10. The second-order valence-corrected chi connectivity index (χ2v) is 13.3. The summed E-state index contributed by atoms with van der Waals surface area (Å²) in [6, 6.07) is -1.11. The number of aliphatic hydroxyl groups excluding tert-OH is 5. The van der Waals surface area contributed by atoms with Gasteiger partial charge in [0.15, 0.2) is 6.29 Å². The molecule has 8 atom stereocenters. The van der Waals surface area contributed by atoms with Crippen molar-refractivity contribution in [3.63, 3.8) is 0 Å². The summed E-state index contributed by atoms with van der Waals surface area (Å²) in [5, 5.41) is 54.4. The Labute approximate surface area is 275 Å². The van der Waals surface area contributed by atoms with Gasteiger partial charge in [0.1, 0.15) is 30.5 Å². The van der Waals surface area contributed by atoms with E-state index in [4.69, 9.17) is 14.0 Å². The molecule has 0 spiro atoms. The quantitative estimate of drug-likeness (QED) is 0.0378. The summed E-state index contributed by atoms with van der Waals surface area (Å²) >= 11 is 0. The Morgan fingerprint density at radius 3 is 1.96 bits per heavy atom. The van der Waals surface area contributed by atoms with Gasteiger partial charge in [0.05, 0.1) is 25.4 Å². The zero-order chi connectivity index (χ0) is 34.4. The predicted molar refractivity (Wildman–Crippen MR) is 173 cm³/mol. The number of ether oxygens (including phenoxy) is 2. The molecule has 272 valence electrons. The van der Waals surface area contributed by atoms with Crippen molar-refractivity contribution in [3.05, 3.63) is 12.2 Å². The van der Waals surface area contributed by atoms with Gasteiger partial charge in [-0.1, -0.05) is 116 Å². The van der Waals surface area contributed by atoms with Gasteiger partial charge in [0, 0.05) is 0 Å². The highest BCUT2D eigenvalue weighted by Crippen LogP contribution is 2.26. The van der Waals surface area contributed by atoms with Crippen LogP contribution < -0.4 is 5.32 Å². The summed E-state index contributed by atoms with van der Waals surface area (Å²) in [4.78, 5) is 12.9. The number of unbranched alkanes of at least 4 members (excludes halogenated alkanes) is 14. The van der Waals surface area contributed by atoms with Gasteiger partial charge >= 0.3 is 10.4 Å². The van der Waals surface area contributed by atoms with Crippen molar-refractivity contribution in [2.75, 3.05) is 13.2 Å². The van der Waals surface area contributed by atoms with Crippen LogP contribution in [0.15, 0.2) is 12.2 Å². The molecule has 1 fully saturated rings. The van der Waals surface area contributed by atoms with E-state index < -0.39 is 78.5 Å². The summed E-state index contributed by atoms with van der Waals surface area (Å²) in [5.74, 6) is -0.710. The van der Waals surface area contributed by atoms with Crippen molar-refractivity contribution in [1.29, 1.82) is 0 Å². The molecule has 1 amide bonds. The first-order valence-electron chi connectivity index (χ1n) is 17.2. The van der Waals surface area contributed by atoms with Crippen LogP contribution in [0.1, 0.15) is 123 Å². The van der Waals surface area contributed by atoms with Crippen molar-refractivity contribution in [3.8, 4) is 0 Å². The molecule has 0 saturated carbocycles. The third-order valence-electron chi connectivity index (χ3n) is 8.18. The summed E-state index contributed by atoms with van der Waals surface area (Å²) in [7, 11) is -5.10. The van der Waals surface area contributed by atoms with Crippen LogP contribution in [0.5, 0.6) is 0 Å². The number of hydrogen-bond acceptors (Lipinski definition) is 11.